The minimum Gasteiger partial charge on any atom is -0.289 e. The lowest BCUT2D eigenvalue weighted by atomic mass is 10.4. The molecule has 1 N–H and O–H groups in total. The fourth-order valence-electron chi connectivity index (χ4n) is 0.574. The molecule has 0 aromatic heterocycles. The Morgan fingerprint density at radius 3 is 2.50 bits per heavy atom. The first kappa shape index (κ1) is 8.21. The van der Waals surface area contributed by atoms with Crippen molar-refractivity contribution in [3.8, 4) is 0 Å². The van der Waals surface area contributed by atoms with Crippen LogP contribution >= 0.6 is 34.8 Å². The number of nitrogens with zero attached hydrogens (tertiary/aromatic N) is 1. The van der Waals surface area contributed by atoms with E-state index in [1.807, 2.05) is 0 Å². The molecule has 0 unspecified atom stereocenters. The van der Waals surface area contributed by atoms with Gasteiger partial charge in [-0.2, -0.15) is 0 Å². The van der Waals surface area contributed by atoms with Crippen LogP contribution in [0, 0.1) is 0 Å². The van der Waals surface area contributed by atoms with Gasteiger partial charge in [-0.05, 0) is 0 Å². The highest BCUT2D eigenvalue weighted by molar-refractivity contribution is 6.48. The van der Waals surface area contributed by atoms with Gasteiger partial charge in [0, 0.05) is 6.20 Å². The highest BCUT2D eigenvalue weighted by Crippen LogP contribution is 2.29. The van der Waals surface area contributed by atoms with Gasteiger partial charge in [-0.15, -0.1) is 0 Å². The van der Waals surface area contributed by atoms with Crippen LogP contribution in [0.2, 0.25) is 0 Å². The molecule has 0 atom stereocenters. The Kier molecular flexibility index (Phi) is 2.47. The van der Waals surface area contributed by atoms with Gasteiger partial charge in [-0.25, -0.2) is 0 Å². The summed E-state index contributed by atoms with van der Waals surface area (Å²) in [6, 6.07) is 0. The molecule has 0 bridgehead atoms. The van der Waals surface area contributed by atoms with E-state index in [2.05, 4.69) is 0 Å². The van der Waals surface area contributed by atoms with Crippen molar-refractivity contribution in [2.45, 2.75) is 0 Å². The molecule has 0 aromatic carbocycles. The van der Waals surface area contributed by atoms with Crippen molar-refractivity contribution in [1.82, 2.24) is 5.06 Å². The van der Waals surface area contributed by atoms with Crippen LogP contribution in [0.25, 0.3) is 0 Å². The van der Waals surface area contributed by atoms with Crippen molar-refractivity contribution in [3.05, 3.63) is 21.3 Å². The highest BCUT2D eigenvalue weighted by atomic mass is 35.5. The van der Waals surface area contributed by atoms with Gasteiger partial charge in [-0.1, -0.05) is 34.8 Å². The number of rotatable bonds is 0. The maximum absolute atomic E-state index is 8.86. The van der Waals surface area contributed by atoms with E-state index in [4.69, 9.17) is 40.0 Å². The Hall–Kier alpha value is 0.110. The van der Waals surface area contributed by atoms with E-state index in [1.54, 1.807) is 0 Å². The Bertz CT molecular complexity index is 211. The fourth-order valence-corrected chi connectivity index (χ4v) is 1.18. The Morgan fingerprint density at radius 2 is 2.00 bits per heavy atom. The van der Waals surface area contributed by atoms with E-state index in [1.165, 1.54) is 6.20 Å². The molecule has 10 heavy (non-hydrogen) atoms. The molecule has 0 spiro atoms. The molecule has 5 heteroatoms. The first-order valence-corrected chi connectivity index (χ1v) is 3.62. The second-order valence-corrected chi connectivity index (χ2v) is 3.03. The first-order chi connectivity index (χ1) is 4.61. The number of hydroxylamine groups is 2. The predicted molar refractivity (Wildman–Crippen MR) is 41.2 cm³/mol. The van der Waals surface area contributed by atoms with Crippen molar-refractivity contribution in [1.29, 1.82) is 0 Å². The molecule has 0 fully saturated rings. The summed E-state index contributed by atoms with van der Waals surface area (Å²) in [5, 5.41) is 10.6. The zero-order chi connectivity index (χ0) is 7.72. The zero-order valence-electron chi connectivity index (χ0n) is 4.81. The summed E-state index contributed by atoms with van der Waals surface area (Å²) in [7, 11) is 0. The van der Waals surface area contributed by atoms with Crippen LogP contribution in [-0.4, -0.2) is 16.8 Å². The third-order valence-electron chi connectivity index (χ3n) is 1.01. The topological polar surface area (TPSA) is 23.5 Å². The van der Waals surface area contributed by atoms with Gasteiger partial charge in [0.25, 0.3) is 0 Å². The minimum absolute atomic E-state index is 0.191. The molecule has 0 saturated carbocycles. The van der Waals surface area contributed by atoms with E-state index in [0.717, 1.165) is 5.06 Å². The molecular formula is C5H4Cl3NO. The van der Waals surface area contributed by atoms with Gasteiger partial charge in [0.1, 0.15) is 0 Å². The van der Waals surface area contributed by atoms with Gasteiger partial charge in [0.2, 0.25) is 0 Å². The highest BCUT2D eigenvalue weighted by Gasteiger charge is 2.14. The molecule has 1 aliphatic rings. The van der Waals surface area contributed by atoms with Crippen molar-refractivity contribution in [2.75, 3.05) is 6.54 Å². The molecule has 1 aliphatic heterocycles. The average Bonchev–Trinajstić information content (AvgIpc) is 1.82. The Labute approximate surface area is 73.2 Å². The van der Waals surface area contributed by atoms with E-state index in [0.29, 0.717) is 10.1 Å². The fraction of sp³-hybridized carbons (Fsp3) is 0.200. The lowest BCUT2D eigenvalue weighted by Crippen LogP contribution is -2.17. The van der Waals surface area contributed by atoms with E-state index >= 15 is 0 Å². The van der Waals surface area contributed by atoms with Crippen LogP contribution in [0.5, 0.6) is 0 Å². The van der Waals surface area contributed by atoms with Gasteiger partial charge in [-0.3, -0.25) is 10.3 Å². The summed E-state index contributed by atoms with van der Waals surface area (Å²) in [5.74, 6) is 0. The van der Waals surface area contributed by atoms with Crippen LogP contribution in [-0.2, 0) is 0 Å². The quantitative estimate of drug-likeness (QED) is 0.649. The lowest BCUT2D eigenvalue weighted by molar-refractivity contribution is -0.0317. The SMILES string of the molecule is ON1C=C(Cl)C(Cl)=C(Cl)C1. The van der Waals surface area contributed by atoms with E-state index in [-0.39, 0.29) is 11.6 Å². The molecule has 0 saturated heterocycles. The summed E-state index contributed by atoms with van der Waals surface area (Å²) < 4.78 is 0. The van der Waals surface area contributed by atoms with E-state index < -0.39 is 0 Å². The molecule has 1 heterocycles. The predicted octanol–water partition coefficient (Wildman–Crippen LogP) is 2.46. The van der Waals surface area contributed by atoms with Crippen LogP contribution in [0.3, 0.4) is 0 Å². The standard InChI is InChI=1S/C5H4Cl3NO/c6-3-1-9(10)2-4(7)5(3)8/h1,10H,2H2. The molecule has 0 amide bonds. The molecule has 1 rings (SSSR count). The third kappa shape index (κ3) is 1.58. The number of halogens is 3. The maximum Gasteiger partial charge on any atom is 0.0819 e. The summed E-state index contributed by atoms with van der Waals surface area (Å²) in [4.78, 5) is 0. The summed E-state index contributed by atoms with van der Waals surface area (Å²) in [6.07, 6.45) is 1.30. The second-order valence-electron chi connectivity index (χ2n) is 1.79. The van der Waals surface area contributed by atoms with Crippen LogP contribution in [0.15, 0.2) is 21.3 Å². The number of hydrogen-bond donors (Lipinski definition) is 1. The van der Waals surface area contributed by atoms with Crippen molar-refractivity contribution >= 4 is 34.8 Å². The Balaban J connectivity index is 2.90. The summed E-state index contributed by atoms with van der Waals surface area (Å²) >= 11 is 16.7. The minimum atomic E-state index is 0.191. The normalized spacial score (nSPS) is 19.6. The molecule has 2 nitrogen and oxygen atoms in total. The summed E-state index contributed by atoms with van der Waals surface area (Å²) in [5.41, 5.74) is 0. The molecule has 56 valence electrons. The van der Waals surface area contributed by atoms with Gasteiger partial charge in [0.15, 0.2) is 0 Å². The van der Waals surface area contributed by atoms with Gasteiger partial charge in [0.05, 0.1) is 21.6 Å². The van der Waals surface area contributed by atoms with Gasteiger partial charge >= 0.3 is 0 Å². The first-order valence-electron chi connectivity index (χ1n) is 2.48. The third-order valence-corrected chi connectivity index (χ3v) is 2.23. The lowest BCUT2D eigenvalue weighted by Gasteiger charge is -2.17. The molecular weight excluding hydrogens is 196 g/mol. The smallest absolute Gasteiger partial charge is 0.0819 e. The second kappa shape index (κ2) is 3.01. The average molecular weight is 200 g/mol. The van der Waals surface area contributed by atoms with Crippen molar-refractivity contribution < 1.29 is 5.21 Å². The van der Waals surface area contributed by atoms with Gasteiger partial charge < -0.3 is 0 Å². The van der Waals surface area contributed by atoms with Crippen LogP contribution in [0.4, 0.5) is 0 Å². The van der Waals surface area contributed by atoms with Crippen molar-refractivity contribution in [2.24, 2.45) is 0 Å². The zero-order valence-corrected chi connectivity index (χ0v) is 7.08. The Morgan fingerprint density at radius 1 is 1.40 bits per heavy atom. The molecule has 0 aliphatic carbocycles. The summed E-state index contributed by atoms with van der Waals surface area (Å²) in [6.45, 7) is 0.191. The van der Waals surface area contributed by atoms with Crippen LogP contribution < -0.4 is 0 Å². The maximum atomic E-state index is 8.86. The number of allylic oxidation sites excluding steroid dienone is 2. The number of hydrogen-bond acceptors (Lipinski definition) is 2. The van der Waals surface area contributed by atoms with Crippen molar-refractivity contribution in [3.63, 3.8) is 0 Å². The monoisotopic (exact) mass is 199 g/mol. The van der Waals surface area contributed by atoms with E-state index in [9.17, 15) is 0 Å². The molecule has 0 aromatic rings. The van der Waals surface area contributed by atoms with Crippen LogP contribution in [0.1, 0.15) is 0 Å². The largest absolute Gasteiger partial charge is 0.289 e. The molecule has 0 radical (unpaired) electrons.